The fourth-order valence-electron chi connectivity index (χ4n) is 1.84. The minimum absolute atomic E-state index is 0.0207. The molecule has 1 amide bonds. The molecule has 0 saturated carbocycles. The summed E-state index contributed by atoms with van der Waals surface area (Å²) in [5, 5.41) is 18.9. The zero-order valence-electron chi connectivity index (χ0n) is 13.6. The summed E-state index contributed by atoms with van der Waals surface area (Å²) in [4.78, 5) is 16.2. The second-order valence-corrected chi connectivity index (χ2v) is 6.69. The Bertz CT molecular complexity index is 770. The Balaban J connectivity index is 1.98. The van der Waals surface area contributed by atoms with E-state index in [0.29, 0.717) is 16.5 Å². The lowest BCUT2D eigenvalue weighted by atomic mass is 9.90. The van der Waals surface area contributed by atoms with E-state index in [2.05, 4.69) is 26.6 Å². The molecule has 0 aliphatic rings. The molecule has 0 bridgehead atoms. The smallest absolute Gasteiger partial charge is 0.231 e. The Morgan fingerprint density at radius 3 is 2.83 bits per heavy atom. The van der Waals surface area contributed by atoms with Crippen LogP contribution in [0.25, 0.3) is 11.4 Å². The second kappa shape index (κ2) is 7.45. The van der Waals surface area contributed by atoms with Crippen molar-refractivity contribution in [1.29, 1.82) is 5.26 Å². The first kappa shape index (κ1) is 17.9. The monoisotopic (exact) mass is 347 g/mol. The molecule has 1 atom stereocenters. The molecular formula is C16H18FN5OS. The van der Waals surface area contributed by atoms with Crippen LogP contribution in [-0.2, 0) is 4.79 Å². The number of carbonyl (C=O) groups is 1. The van der Waals surface area contributed by atoms with Gasteiger partial charge in [-0.3, -0.25) is 9.89 Å². The first-order valence-corrected chi connectivity index (χ1v) is 8.36. The number of thioether (sulfide) groups is 1. The molecule has 0 unspecified atom stereocenters. The highest BCUT2D eigenvalue weighted by atomic mass is 32.2. The molecule has 2 rings (SSSR count). The van der Waals surface area contributed by atoms with Crippen molar-refractivity contribution in [3.05, 3.63) is 30.1 Å². The number of hydrogen-bond donors (Lipinski definition) is 2. The molecule has 126 valence electrons. The molecule has 0 aliphatic heterocycles. The molecule has 24 heavy (non-hydrogen) atoms. The quantitative estimate of drug-likeness (QED) is 0.784. The number of nitriles is 1. The number of hydrogen-bond acceptors (Lipinski definition) is 5. The van der Waals surface area contributed by atoms with Crippen LogP contribution in [0.5, 0.6) is 0 Å². The summed E-state index contributed by atoms with van der Waals surface area (Å²) in [5.41, 5.74) is -0.604. The van der Waals surface area contributed by atoms with Gasteiger partial charge >= 0.3 is 0 Å². The van der Waals surface area contributed by atoms with Crippen LogP contribution < -0.4 is 5.32 Å². The van der Waals surface area contributed by atoms with Gasteiger partial charge in [0.25, 0.3) is 0 Å². The van der Waals surface area contributed by atoms with Gasteiger partial charge in [0.15, 0.2) is 5.82 Å². The van der Waals surface area contributed by atoms with Gasteiger partial charge in [-0.1, -0.05) is 37.7 Å². The molecule has 0 saturated heterocycles. The van der Waals surface area contributed by atoms with Gasteiger partial charge < -0.3 is 5.32 Å². The summed E-state index contributed by atoms with van der Waals surface area (Å²) in [6.07, 6.45) is 0. The molecule has 0 spiro atoms. The zero-order valence-corrected chi connectivity index (χ0v) is 14.4. The van der Waals surface area contributed by atoms with Crippen molar-refractivity contribution in [2.45, 2.75) is 31.5 Å². The van der Waals surface area contributed by atoms with E-state index in [-0.39, 0.29) is 17.6 Å². The maximum absolute atomic E-state index is 13.7. The van der Waals surface area contributed by atoms with E-state index in [4.69, 9.17) is 0 Å². The number of aromatic nitrogens is 3. The molecule has 0 radical (unpaired) electrons. The highest BCUT2D eigenvalue weighted by Crippen LogP contribution is 2.22. The number of rotatable bonds is 6. The molecule has 2 N–H and O–H groups in total. The van der Waals surface area contributed by atoms with Crippen LogP contribution in [0.15, 0.2) is 29.4 Å². The van der Waals surface area contributed by atoms with Gasteiger partial charge in [-0.2, -0.15) is 5.26 Å². The van der Waals surface area contributed by atoms with E-state index >= 15 is 0 Å². The molecule has 8 heteroatoms. The second-order valence-electron chi connectivity index (χ2n) is 5.75. The number of carbonyl (C=O) groups excluding carboxylic acids is 1. The lowest BCUT2D eigenvalue weighted by Gasteiger charge is -2.27. The van der Waals surface area contributed by atoms with Crippen LogP contribution in [-0.4, -0.2) is 32.4 Å². The largest absolute Gasteiger partial charge is 0.337 e. The third kappa shape index (κ3) is 4.11. The summed E-state index contributed by atoms with van der Waals surface area (Å²) in [6.45, 7) is 5.42. The van der Waals surface area contributed by atoms with Crippen molar-refractivity contribution in [2.75, 3.05) is 5.75 Å². The predicted octanol–water partition coefficient (Wildman–Crippen LogP) is 2.76. The normalized spacial score (nSPS) is 13.3. The summed E-state index contributed by atoms with van der Waals surface area (Å²) in [6, 6.07) is 8.35. The third-order valence-corrected chi connectivity index (χ3v) is 4.56. The van der Waals surface area contributed by atoms with Crippen molar-refractivity contribution < 1.29 is 9.18 Å². The van der Waals surface area contributed by atoms with E-state index in [0.717, 1.165) is 11.8 Å². The van der Waals surface area contributed by atoms with Crippen LogP contribution in [0.1, 0.15) is 20.8 Å². The van der Waals surface area contributed by atoms with E-state index in [9.17, 15) is 14.4 Å². The summed E-state index contributed by atoms with van der Waals surface area (Å²) in [5.74, 6) is -0.328. The van der Waals surface area contributed by atoms with Crippen LogP contribution in [0, 0.1) is 23.1 Å². The van der Waals surface area contributed by atoms with Crippen molar-refractivity contribution in [2.24, 2.45) is 5.92 Å². The number of H-pyrrole nitrogens is 1. The fraction of sp³-hybridized carbons (Fsp3) is 0.375. The Kier molecular flexibility index (Phi) is 5.57. The number of benzene rings is 1. The first-order valence-electron chi connectivity index (χ1n) is 7.38. The molecule has 0 aliphatic carbocycles. The number of halogens is 1. The van der Waals surface area contributed by atoms with Gasteiger partial charge in [-0.05, 0) is 25.0 Å². The molecule has 2 aromatic rings. The minimum atomic E-state index is -0.922. The number of aromatic amines is 1. The third-order valence-electron chi connectivity index (χ3n) is 3.71. The lowest BCUT2D eigenvalue weighted by molar-refractivity contribution is -0.120. The molecule has 6 nitrogen and oxygen atoms in total. The predicted molar refractivity (Wildman–Crippen MR) is 89.5 cm³/mol. The van der Waals surface area contributed by atoms with E-state index < -0.39 is 11.4 Å². The minimum Gasteiger partial charge on any atom is -0.337 e. The van der Waals surface area contributed by atoms with Crippen LogP contribution in [0.4, 0.5) is 4.39 Å². The molecular weight excluding hydrogens is 329 g/mol. The average Bonchev–Trinajstić information content (AvgIpc) is 3.01. The highest BCUT2D eigenvalue weighted by Gasteiger charge is 2.29. The average molecular weight is 347 g/mol. The van der Waals surface area contributed by atoms with Crippen LogP contribution >= 0.6 is 11.8 Å². The highest BCUT2D eigenvalue weighted by molar-refractivity contribution is 7.99. The van der Waals surface area contributed by atoms with Gasteiger partial charge in [0.2, 0.25) is 11.1 Å². The van der Waals surface area contributed by atoms with Crippen LogP contribution in [0.3, 0.4) is 0 Å². The van der Waals surface area contributed by atoms with E-state index in [1.165, 1.54) is 6.07 Å². The topological polar surface area (TPSA) is 94.5 Å². The van der Waals surface area contributed by atoms with Crippen molar-refractivity contribution in [1.82, 2.24) is 20.5 Å². The van der Waals surface area contributed by atoms with E-state index in [1.54, 1.807) is 25.1 Å². The number of nitrogens with zero attached hydrogens (tertiary/aromatic N) is 3. The summed E-state index contributed by atoms with van der Waals surface area (Å²) >= 11 is 1.12. The van der Waals surface area contributed by atoms with E-state index in [1.807, 2.05) is 13.8 Å². The van der Waals surface area contributed by atoms with Gasteiger partial charge in [-0.25, -0.2) is 9.37 Å². The Labute approximate surface area is 143 Å². The summed E-state index contributed by atoms with van der Waals surface area (Å²) in [7, 11) is 0. The van der Waals surface area contributed by atoms with Gasteiger partial charge in [0.1, 0.15) is 11.4 Å². The Hall–Kier alpha value is -2.40. The molecule has 1 heterocycles. The van der Waals surface area contributed by atoms with Crippen molar-refractivity contribution in [3.63, 3.8) is 0 Å². The number of amides is 1. The first-order chi connectivity index (χ1) is 11.4. The van der Waals surface area contributed by atoms with Crippen molar-refractivity contribution in [3.8, 4) is 17.5 Å². The standard InChI is InChI=1S/C16H18FN5OS/c1-10(2)16(3,9-18)20-13(23)8-24-15-19-14(21-22-15)11-6-4-5-7-12(11)17/h4-7,10H,8H2,1-3H3,(H,20,23)(H,19,21,22)/t16-/m0/s1. The van der Waals surface area contributed by atoms with Gasteiger partial charge in [0, 0.05) is 0 Å². The molecule has 0 fully saturated rings. The molecule has 1 aromatic carbocycles. The zero-order chi connectivity index (χ0) is 17.7. The van der Waals surface area contributed by atoms with Crippen LogP contribution in [0.2, 0.25) is 0 Å². The van der Waals surface area contributed by atoms with Crippen molar-refractivity contribution >= 4 is 17.7 Å². The Morgan fingerprint density at radius 1 is 1.50 bits per heavy atom. The maximum Gasteiger partial charge on any atom is 0.231 e. The number of nitrogens with one attached hydrogen (secondary N) is 2. The SMILES string of the molecule is CC(C)[C@](C)(C#N)NC(=O)CSc1n[nH]c(-c2ccccc2F)n1. The van der Waals surface area contributed by atoms with Gasteiger partial charge in [-0.15, -0.1) is 5.10 Å². The Morgan fingerprint density at radius 2 is 2.21 bits per heavy atom. The van der Waals surface area contributed by atoms with Gasteiger partial charge in [0.05, 0.1) is 17.4 Å². The summed E-state index contributed by atoms with van der Waals surface area (Å²) < 4.78 is 13.7. The molecule has 1 aromatic heterocycles. The maximum atomic E-state index is 13.7. The fourth-order valence-corrected chi connectivity index (χ4v) is 2.44. The lowest BCUT2D eigenvalue weighted by Crippen LogP contribution is -2.49.